The van der Waals surface area contributed by atoms with E-state index in [1.54, 1.807) is 4.90 Å². The molecule has 0 radical (unpaired) electrons. The van der Waals surface area contributed by atoms with Crippen LogP contribution in [0.25, 0.3) is 0 Å². The summed E-state index contributed by atoms with van der Waals surface area (Å²) in [5.41, 5.74) is 4.02. The largest absolute Gasteiger partial charge is 0.444 e. The van der Waals surface area contributed by atoms with E-state index in [0.29, 0.717) is 5.02 Å². The fraction of sp³-hybridized carbons (Fsp3) is 0.174. The van der Waals surface area contributed by atoms with Crippen LogP contribution in [0.3, 0.4) is 0 Å². The lowest BCUT2D eigenvalue weighted by Crippen LogP contribution is -2.39. The number of halogens is 2. The minimum atomic E-state index is -0.350. The van der Waals surface area contributed by atoms with Gasteiger partial charge in [0.05, 0.1) is 11.7 Å². The lowest BCUT2D eigenvalue weighted by Gasteiger charge is -2.37. The fourth-order valence-electron chi connectivity index (χ4n) is 3.62. The molecule has 142 valence electrons. The molecule has 0 saturated carbocycles. The predicted octanol–water partition coefficient (Wildman–Crippen LogP) is 6.93. The van der Waals surface area contributed by atoms with E-state index in [1.807, 2.05) is 66.7 Å². The Morgan fingerprint density at radius 1 is 1.04 bits per heavy atom. The molecule has 1 amide bonds. The summed E-state index contributed by atoms with van der Waals surface area (Å²) in [4.78, 5) is 15.0. The molecule has 0 spiro atoms. The lowest BCUT2D eigenvalue weighted by molar-refractivity contribution is 0.143. The zero-order valence-corrected chi connectivity index (χ0v) is 17.5. The first-order valence-corrected chi connectivity index (χ1v) is 10.3. The average Bonchev–Trinajstić information content (AvgIpc) is 2.73. The monoisotopic (exact) mass is 455 g/mol. The number of rotatable bonds is 3. The maximum atomic E-state index is 13.2. The number of hydrogen-bond acceptors (Lipinski definition) is 2. The van der Waals surface area contributed by atoms with Crippen LogP contribution in [0.5, 0.6) is 0 Å². The van der Waals surface area contributed by atoms with E-state index >= 15 is 0 Å². The SMILES string of the molecule is O=C(OCc1ccccc1)N1c2c(Br)cccc2CCC1c1ccc(Cl)cc1. The van der Waals surface area contributed by atoms with Gasteiger partial charge >= 0.3 is 6.09 Å². The summed E-state index contributed by atoms with van der Waals surface area (Å²) >= 11 is 9.69. The van der Waals surface area contributed by atoms with Gasteiger partial charge in [0.25, 0.3) is 0 Å². The maximum absolute atomic E-state index is 13.2. The van der Waals surface area contributed by atoms with Gasteiger partial charge in [0.1, 0.15) is 6.61 Å². The van der Waals surface area contributed by atoms with Gasteiger partial charge in [-0.25, -0.2) is 4.79 Å². The summed E-state index contributed by atoms with van der Waals surface area (Å²) in [5, 5.41) is 0.680. The lowest BCUT2D eigenvalue weighted by atomic mass is 9.91. The van der Waals surface area contributed by atoms with Crippen molar-refractivity contribution < 1.29 is 9.53 Å². The first-order chi connectivity index (χ1) is 13.6. The van der Waals surface area contributed by atoms with Crippen LogP contribution < -0.4 is 4.90 Å². The molecule has 0 aromatic heterocycles. The Hall–Kier alpha value is -2.30. The first-order valence-electron chi connectivity index (χ1n) is 9.16. The molecule has 0 fully saturated rings. The van der Waals surface area contributed by atoms with Crippen LogP contribution in [-0.2, 0) is 17.8 Å². The van der Waals surface area contributed by atoms with Gasteiger partial charge in [0, 0.05) is 9.50 Å². The highest BCUT2D eigenvalue weighted by molar-refractivity contribution is 9.10. The number of amides is 1. The Morgan fingerprint density at radius 3 is 2.54 bits per heavy atom. The van der Waals surface area contributed by atoms with Crippen molar-refractivity contribution in [2.45, 2.75) is 25.5 Å². The van der Waals surface area contributed by atoms with E-state index in [0.717, 1.165) is 39.7 Å². The molecule has 3 nitrogen and oxygen atoms in total. The van der Waals surface area contributed by atoms with Crippen LogP contribution in [0.1, 0.15) is 29.2 Å². The summed E-state index contributed by atoms with van der Waals surface area (Å²) in [6, 6.07) is 23.3. The molecule has 0 aliphatic carbocycles. The third-order valence-corrected chi connectivity index (χ3v) is 5.86. The third kappa shape index (κ3) is 3.94. The van der Waals surface area contributed by atoms with Crippen molar-refractivity contribution in [1.29, 1.82) is 0 Å². The Balaban J connectivity index is 1.67. The number of hydrogen-bond donors (Lipinski definition) is 0. The number of carbonyl (C=O) groups is 1. The van der Waals surface area contributed by atoms with Crippen LogP contribution in [0.2, 0.25) is 5.02 Å². The quantitative estimate of drug-likeness (QED) is 0.427. The van der Waals surface area contributed by atoms with Gasteiger partial charge in [-0.05, 0) is 63.7 Å². The second-order valence-electron chi connectivity index (χ2n) is 6.76. The highest BCUT2D eigenvalue weighted by Gasteiger charge is 2.34. The predicted molar refractivity (Wildman–Crippen MR) is 116 cm³/mol. The highest BCUT2D eigenvalue weighted by atomic mass is 79.9. The molecule has 3 aromatic carbocycles. The molecule has 0 bridgehead atoms. The number of anilines is 1. The van der Waals surface area contributed by atoms with Gasteiger partial charge in [-0.1, -0.05) is 66.2 Å². The molecule has 1 atom stereocenters. The standard InChI is InChI=1S/C23H19BrClNO2/c24-20-8-4-7-18-11-14-21(17-9-12-19(25)13-10-17)26(22(18)20)23(27)28-15-16-5-2-1-3-6-16/h1-10,12-13,21H,11,14-15H2. The molecule has 1 aliphatic rings. The van der Waals surface area contributed by atoms with Crippen LogP contribution >= 0.6 is 27.5 Å². The number of benzene rings is 3. The van der Waals surface area contributed by atoms with Crippen molar-refractivity contribution in [1.82, 2.24) is 0 Å². The number of nitrogens with zero attached hydrogens (tertiary/aromatic N) is 1. The van der Waals surface area contributed by atoms with Crippen LogP contribution in [-0.4, -0.2) is 6.09 Å². The van der Waals surface area contributed by atoms with E-state index < -0.39 is 0 Å². The minimum Gasteiger partial charge on any atom is -0.444 e. The topological polar surface area (TPSA) is 29.5 Å². The molecule has 28 heavy (non-hydrogen) atoms. The van der Waals surface area contributed by atoms with Crippen molar-refractivity contribution in [3.05, 3.63) is 99.0 Å². The van der Waals surface area contributed by atoms with Gasteiger partial charge < -0.3 is 4.74 Å². The molecule has 1 unspecified atom stereocenters. The second kappa shape index (κ2) is 8.38. The fourth-order valence-corrected chi connectivity index (χ4v) is 4.34. The number of para-hydroxylation sites is 1. The van der Waals surface area contributed by atoms with Gasteiger partial charge in [0.2, 0.25) is 0 Å². The summed E-state index contributed by atoms with van der Waals surface area (Å²) in [5.74, 6) is 0. The summed E-state index contributed by atoms with van der Waals surface area (Å²) in [6.07, 6.45) is 1.37. The zero-order valence-electron chi connectivity index (χ0n) is 15.1. The first kappa shape index (κ1) is 19.0. The molecule has 4 rings (SSSR count). The average molecular weight is 457 g/mol. The van der Waals surface area contributed by atoms with Gasteiger partial charge in [-0.15, -0.1) is 0 Å². The molecule has 3 aromatic rings. The van der Waals surface area contributed by atoms with E-state index in [-0.39, 0.29) is 18.7 Å². The highest BCUT2D eigenvalue weighted by Crippen LogP contribution is 2.43. The van der Waals surface area contributed by atoms with Gasteiger partial charge in [0.15, 0.2) is 0 Å². The van der Waals surface area contributed by atoms with Crippen LogP contribution in [0, 0.1) is 0 Å². The van der Waals surface area contributed by atoms with E-state index in [1.165, 1.54) is 0 Å². The van der Waals surface area contributed by atoms with Crippen LogP contribution in [0.15, 0.2) is 77.3 Å². The third-order valence-electron chi connectivity index (χ3n) is 4.97. The van der Waals surface area contributed by atoms with Crippen molar-refractivity contribution in [3.63, 3.8) is 0 Å². The van der Waals surface area contributed by atoms with Gasteiger partial charge in [-0.2, -0.15) is 0 Å². The number of carbonyl (C=O) groups excluding carboxylic acids is 1. The van der Waals surface area contributed by atoms with Gasteiger partial charge in [-0.3, -0.25) is 4.90 Å². The Bertz CT molecular complexity index is 976. The Morgan fingerprint density at radius 2 is 1.79 bits per heavy atom. The summed E-state index contributed by atoms with van der Waals surface area (Å²) in [6.45, 7) is 0.239. The number of ether oxygens (including phenoxy) is 1. The zero-order chi connectivity index (χ0) is 19.5. The van der Waals surface area contributed by atoms with E-state index in [9.17, 15) is 4.79 Å². The molecule has 1 aliphatic heterocycles. The smallest absolute Gasteiger partial charge is 0.415 e. The molecule has 1 heterocycles. The van der Waals surface area contributed by atoms with Crippen molar-refractivity contribution in [2.75, 3.05) is 4.90 Å². The molecular formula is C23H19BrClNO2. The maximum Gasteiger partial charge on any atom is 0.415 e. The normalized spacial score (nSPS) is 15.8. The number of aryl methyl sites for hydroxylation is 1. The summed E-state index contributed by atoms with van der Waals surface area (Å²) in [7, 11) is 0. The van der Waals surface area contributed by atoms with E-state index in [4.69, 9.17) is 16.3 Å². The Kier molecular flexibility index (Phi) is 5.69. The van der Waals surface area contributed by atoms with Crippen molar-refractivity contribution in [3.8, 4) is 0 Å². The number of fused-ring (bicyclic) bond motifs is 1. The van der Waals surface area contributed by atoms with E-state index in [2.05, 4.69) is 22.0 Å². The Labute approximate surface area is 178 Å². The van der Waals surface area contributed by atoms with Crippen LogP contribution in [0.4, 0.5) is 10.5 Å². The van der Waals surface area contributed by atoms with Crippen molar-refractivity contribution >= 4 is 39.3 Å². The molecule has 0 saturated heterocycles. The van der Waals surface area contributed by atoms with Crippen molar-refractivity contribution in [2.24, 2.45) is 0 Å². The second-order valence-corrected chi connectivity index (χ2v) is 8.05. The molecular weight excluding hydrogens is 438 g/mol. The molecule has 0 N–H and O–H groups in total. The summed E-state index contributed by atoms with van der Waals surface area (Å²) < 4.78 is 6.58. The molecule has 5 heteroatoms. The minimum absolute atomic E-state index is 0.105.